The number of hydrogen-bond acceptors (Lipinski definition) is 3. The fraction of sp³-hybridized carbons (Fsp3) is 0.500. The molecule has 0 spiro atoms. The standard InChI is InChI=1S/C12H15F2NO2/c1-8(7-15)2-3-9-4-5-10-11(6-9)17-12(13,14)16-10/h4-6,8H,2-3,7,15H2,1H3. The summed E-state index contributed by atoms with van der Waals surface area (Å²) in [5, 5.41) is 0. The molecule has 2 N–H and O–H groups in total. The van der Waals surface area contributed by atoms with Crippen molar-refractivity contribution in [1.82, 2.24) is 0 Å². The summed E-state index contributed by atoms with van der Waals surface area (Å²) in [4.78, 5) is 0. The van der Waals surface area contributed by atoms with Gasteiger partial charge in [-0.2, -0.15) is 0 Å². The van der Waals surface area contributed by atoms with E-state index in [1.165, 1.54) is 6.07 Å². The number of ether oxygens (including phenoxy) is 2. The molecule has 94 valence electrons. The lowest BCUT2D eigenvalue weighted by molar-refractivity contribution is -0.286. The fourth-order valence-electron chi connectivity index (χ4n) is 1.68. The molecule has 1 atom stereocenters. The molecule has 0 saturated carbocycles. The highest BCUT2D eigenvalue weighted by atomic mass is 19.3. The molecule has 17 heavy (non-hydrogen) atoms. The molecule has 0 aliphatic carbocycles. The number of halogens is 2. The minimum absolute atomic E-state index is 0.0885. The van der Waals surface area contributed by atoms with Gasteiger partial charge in [0.1, 0.15) is 0 Å². The van der Waals surface area contributed by atoms with Crippen LogP contribution in [0.25, 0.3) is 0 Å². The van der Waals surface area contributed by atoms with Gasteiger partial charge in [-0.1, -0.05) is 13.0 Å². The van der Waals surface area contributed by atoms with Gasteiger partial charge in [0.05, 0.1) is 0 Å². The van der Waals surface area contributed by atoms with Crippen molar-refractivity contribution in [2.75, 3.05) is 6.54 Å². The zero-order chi connectivity index (χ0) is 12.5. The van der Waals surface area contributed by atoms with E-state index in [2.05, 4.69) is 16.4 Å². The van der Waals surface area contributed by atoms with Crippen molar-refractivity contribution in [3.05, 3.63) is 23.8 Å². The molecular weight excluding hydrogens is 228 g/mol. The van der Waals surface area contributed by atoms with E-state index in [4.69, 9.17) is 5.73 Å². The molecule has 1 unspecified atom stereocenters. The van der Waals surface area contributed by atoms with Gasteiger partial charge in [-0.05, 0) is 43.0 Å². The van der Waals surface area contributed by atoms with Crippen LogP contribution < -0.4 is 15.2 Å². The van der Waals surface area contributed by atoms with E-state index in [-0.39, 0.29) is 11.5 Å². The van der Waals surface area contributed by atoms with Gasteiger partial charge in [0.15, 0.2) is 11.5 Å². The number of nitrogens with two attached hydrogens (primary N) is 1. The number of alkyl halides is 2. The van der Waals surface area contributed by atoms with Crippen LogP contribution in [-0.4, -0.2) is 12.8 Å². The second kappa shape index (κ2) is 4.49. The number of fused-ring (bicyclic) bond motifs is 1. The third kappa shape index (κ3) is 2.85. The Labute approximate surface area is 98.5 Å². The molecule has 0 fully saturated rings. The van der Waals surface area contributed by atoms with Gasteiger partial charge in [-0.25, -0.2) is 0 Å². The highest BCUT2D eigenvalue weighted by Gasteiger charge is 2.43. The Hall–Kier alpha value is -1.36. The summed E-state index contributed by atoms with van der Waals surface area (Å²) in [5.41, 5.74) is 6.47. The molecule has 3 nitrogen and oxygen atoms in total. The van der Waals surface area contributed by atoms with Crippen LogP contribution in [0.5, 0.6) is 11.5 Å². The number of rotatable bonds is 4. The van der Waals surface area contributed by atoms with Crippen molar-refractivity contribution >= 4 is 0 Å². The van der Waals surface area contributed by atoms with Crippen molar-refractivity contribution in [3.63, 3.8) is 0 Å². The Morgan fingerprint density at radius 2 is 2.00 bits per heavy atom. The summed E-state index contributed by atoms with van der Waals surface area (Å²) in [5.74, 6) is 0.611. The fourth-order valence-corrected chi connectivity index (χ4v) is 1.68. The molecule has 1 aliphatic rings. The second-order valence-corrected chi connectivity index (χ2v) is 4.33. The topological polar surface area (TPSA) is 44.5 Å². The maximum absolute atomic E-state index is 12.8. The zero-order valence-corrected chi connectivity index (χ0v) is 9.58. The average molecular weight is 243 g/mol. The van der Waals surface area contributed by atoms with Crippen LogP contribution in [0.3, 0.4) is 0 Å². The van der Waals surface area contributed by atoms with Gasteiger partial charge in [0, 0.05) is 0 Å². The van der Waals surface area contributed by atoms with Crippen molar-refractivity contribution in [2.45, 2.75) is 26.1 Å². The van der Waals surface area contributed by atoms with E-state index in [1.807, 2.05) is 0 Å². The van der Waals surface area contributed by atoms with Crippen molar-refractivity contribution in [2.24, 2.45) is 11.7 Å². The zero-order valence-electron chi connectivity index (χ0n) is 9.58. The molecule has 1 heterocycles. The lowest BCUT2D eigenvalue weighted by Gasteiger charge is -2.08. The van der Waals surface area contributed by atoms with Crippen molar-refractivity contribution in [1.29, 1.82) is 0 Å². The number of benzene rings is 1. The maximum Gasteiger partial charge on any atom is 0.586 e. The summed E-state index contributed by atoms with van der Waals surface area (Å²) in [6.45, 7) is 2.68. The number of aryl methyl sites for hydroxylation is 1. The molecular formula is C12H15F2NO2. The SMILES string of the molecule is CC(CN)CCc1ccc2c(c1)OC(F)(F)O2. The predicted octanol–water partition coefficient (Wildman–Crippen LogP) is 2.54. The molecule has 5 heteroatoms. The third-order valence-corrected chi connectivity index (χ3v) is 2.79. The molecule has 0 saturated heterocycles. The van der Waals surface area contributed by atoms with Crippen LogP contribution in [0.4, 0.5) is 8.78 Å². The van der Waals surface area contributed by atoms with Gasteiger partial charge in [0.2, 0.25) is 0 Å². The first-order chi connectivity index (χ1) is 8.00. The molecule has 1 aromatic rings. The van der Waals surface area contributed by atoms with Crippen LogP contribution in [-0.2, 0) is 6.42 Å². The average Bonchev–Trinajstić information content (AvgIpc) is 2.58. The smallest absolute Gasteiger partial charge is 0.395 e. The molecule has 2 rings (SSSR count). The Balaban J connectivity index is 2.04. The summed E-state index contributed by atoms with van der Waals surface area (Å²) in [7, 11) is 0. The summed E-state index contributed by atoms with van der Waals surface area (Å²) >= 11 is 0. The summed E-state index contributed by atoms with van der Waals surface area (Å²) in [6, 6.07) is 4.88. The Bertz CT molecular complexity index is 409. The van der Waals surface area contributed by atoms with E-state index in [1.54, 1.807) is 12.1 Å². The predicted molar refractivity (Wildman–Crippen MR) is 59.2 cm³/mol. The van der Waals surface area contributed by atoms with Crippen LogP contribution in [0, 0.1) is 5.92 Å². The van der Waals surface area contributed by atoms with E-state index in [0.29, 0.717) is 12.5 Å². The van der Waals surface area contributed by atoms with E-state index in [9.17, 15) is 8.78 Å². The largest absolute Gasteiger partial charge is 0.586 e. The first kappa shape index (κ1) is 12.1. The highest BCUT2D eigenvalue weighted by Crippen LogP contribution is 2.41. The van der Waals surface area contributed by atoms with Gasteiger partial charge >= 0.3 is 6.29 Å². The molecule has 0 aromatic heterocycles. The van der Waals surface area contributed by atoms with Gasteiger partial charge < -0.3 is 15.2 Å². The van der Waals surface area contributed by atoms with Gasteiger partial charge in [-0.15, -0.1) is 8.78 Å². The van der Waals surface area contributed by atoms with Crippen LogP contribution in [0.15, 0.2) is 18.2 Å². The van der Waals surface area contributed by atoms with Crippen molar-refractivity contribution in [3.8, 4) is 11.5 Å². The third-order valence-electron chi connectivity index (χ3n) is 2.79. The van der Waals surface area contributed by atoms with Crippen molar-refractivity contribution < 1.29 is 18.3 Å². The van der Waals surface area contributed by atoms with Crippen LogP contribution in [0.2, 0.25) is 0 Å². The number of hydrogen-bond donors (Lipinski definition) is 1. The summed E-state index contributed by atoms with van der Waals surface area (Å²) in [6.07, 6.45) is -1.82. The van der Waals surface area contributed by atoms with E-state index < -0.39 is 6.29 Å². The summed E-state index contributed by atoms with van der Waals surface area (Å²) < 4.78 is 34.3. The Kier molecular flexibility index (Phi) is 3.19. The molecule has 1 aliphatic heterocycles. The highest BCUT2D eigenvalue weighted by molar-refractivity contribution is 5.45. The minimum Gasteiger partial charge on any atom is -0.395 e. The minimum atomic E-state index is -3.54. The van der Waals surface area contributed by atoms with E-state index >= 15 is 0 Å². The molecule has 0 radical (unpaired) electrons. The van der Waals surface area contributed by atoms with Crippen LogP contribution >= 0.6 is 0 Å². The second-order valence-electron chi connectivity index (χ2n) is 4.33. The molecule has 0 amide bonds. The molecule has 1 aromatic carbocycles. The maximum atomic E-state index is 12.8. The monoisotopic (exact) mass is 243 g/mol. The quantitative estimate of drug-likeness (QED) is 0.883. The van der Waals surface area contributed by atoms with Gasteiger partial charge in [-0.3, -0.25) is 0 Å². The Morgan fingerprint density at radius 3 is 2.71 bits per heavy atom. The first-order valence-electron chi connectivity index (χ1n) is 5.59. The molecule has 0 bridgehead atoms. The lowest BCUT2D eigenvalue weighted by atomic mass is 10.0. The first-order valence-corrected chi connectivity index (χ1v) is 5.59. The van der Waals surface area contributed by atoms with Gasteiger partial charge in [0.25, 0.3) is 0 Å². The normalized spacial score (nSPS) is 18.1. The Morgan fingerprint density at radius 1 is 1.29 bits per heavy atom. The lowest BCUT2D eigenvalue weighted by Crippen LogP contribution is -2.25. The van der Waals surface area contributed by atoms with Crippen LogP contribution in [0.1, 0.15) is 18.9 Å². The van der Waals surface area contributed by atoms with E-state index in [0.717, 1.165) is 18.4 Å².